The van der Waals surface area contributed by atoms with Gasteiger partial charge in [-0.05, 0) is 44.4 Å². The van der Waals surface area contributed by atoms with E-state index in [1.807, 2.05) is 13.0 Å². The molecule has 0 radical (unpaired) electrons. The van der Waals surface area contributed by atoms with Crippen molar-refractivity contribution in [2.24, 2.45) is 4.99 Å². The summed E-state index contributed by atoms with van der Waals surface area (Å²) in [5, 5.41) is 6.51. The number of hydrogen-bond donors (Lipinski definition) is 2. The molecule has 0 fully saturated rings. The SMILES string of the molecule is CCNC(=NCCCc1cccc(Br)c1)NCCOCC.I. The molecule has 2 N–H and O–H groups in total. The molecule has 1 aromatic carbocycles. The lowest BCUT2D eigenvalue weighted by atomic mass is 10.1. The van der Waals surface area contributed by atoms with E-state index in [1.54, 1.807) is 0 Å². The topological polar surface area (TPSA) is 45.7 Å². The number of hydrogen-bond acceptors (Lipinski definition) is 2. The molecule has 0 spiro atoms. The molecule has 0 aliphatic carbocycles. The van der Waals surface area contributed by atoms with Gasteiger partial charge >= 0.3 is 0 Å². The average Bonchev–Trinajstić information content (AvgIpc) is 2.48. The predicted octanol–water partition coefficient (Wildman–Crippen LogP) is 3.59. The fraction of sp³-hybridized carbons (Fsp3) is 0.562. The molecular weight excluding hydrogens is 457 g/mol. The molecule has 22 heavy (non-hydrogen) atoms. The number of nitrogens with zero attached hydrogens (tertiary/aromatic N) is 1. The normalized spacial score (nSPS) is 11.0. The molecule has 6 heteroatoms. The highest BCUT2D eigenvalue weighted by atomic mass is 127. The van der Waals surface area contributed by atoms with Crippen LogP contribution in [0.15, 0.2) is 33.7 Å². The van der Waals surface area contributed by atoms with Crippen LogP contribution in [0, 0.1) is 0 Å². The summed E-state index contributed by atoms with van der Waals surface area (Å²) in [6.45, 7) is 8.00. The van der Waals surface area contributed by atoms with Crippen LogP contribution in [-0.2, 0) is 11.2 Å². The van der Waals surface area contributed by atoms with E-state index >= 15 is 0 Å². The first kappa shape index (κ1) is 21.7. The van der Waals surface area contributed by atoms with E-state index in [-0.39, 0.29) is 24.0 Å². The van der Waals surface area contributed by atoms with E-state index in [4.69, 9.17) is 4.74 Å². The Hall–Kier alpha value is -0.340. The van der Waals surface area contributed by atoms with Gasteiger partial charge in [-0.25, -0.2) is 0 Å². The van der Waals surface area contributed by atoms with Crippen LogP contribution in [0.25, 0.3) is 0 Å². The van der Waals surface area contributed by atoms with Crippen molar-refractivity contribution in [3.63, 3.8) is 0 Å². The molecule has 0 unspecified atom stereocenters. The highest BCUT2D eigenvalue weighted by Gasteiger charge is 1.97. The molecule has 0 aliphatic heterocycles. The third-order valence-corrected chi connectivity index (χ3v) is 3.36. The van der Waals surface area contributed by atoms with Gasteiger partial charge in [-0.1, -0.05) is 28.1 Å². The van der Waals surface area contributed by atoms with Gasteiger partial charge in [-0.3, -0.25) is 4.99 Å². The largest absolute Gasteiger partial charge is 0.380 e. The van der Waals surface area contributed by atoms with Gasteiger partial charge in [-0.15, -0.1) is 24.0 Å². The highest BCUT2D eigenvalue weighted by molar-refractivity contribution is 14.0. The molecule has 0 aromatic heterocycles. The van der Waals surface area contributed by atoms with E-state index in [1.165, 1.54) is 5.56 Å². The van der Waals surface area contributed by atoms with E-state index in [9.17, 15) is 0 Å². The Balaban J connectivity index is 0.00000441. The van der Waals surface area contributed by atoms with Crippen LogP contribution >= 0.6 is 39.9 Å². The third kappa shape index (κ3) is 10.4. The summed E-state index contributed by atoms with van der Waals surface area (Å²) in [7, 11) is 0. The molecule has 0 bridgehead atoms. The van der Waals surface area contributed by atoms with E-state index in [0.29, 0.717) is 6.61 Å². The fourth-order valence-corrected chi connectivity index (χ4v) is 2.34. The minimum absolute atomic E-state index is 0. The summed E-state index contributed by atoms with van der Waals surface area (Å²) in [6.07, 6.45) is 2.08. The van der Waals surface area contributed by atoms with Crippen LogP contribution in [0.4, 0.5) is 0 Å². The Bertz CT molecular complexity index is 430. The molecule has 1 rings (SSSR count). The fourth-order valence-electron chi connectivity index (χ4n) is 1.89. The number of ether oxygens (including phenoxy) is 1. The second kappa shape index (κ2) is 14.3. The molecule has 0 saturated heterocycles. The number of rotatable bonds is 9. The third-order valence-electron chi connectivity index (χ3n) is 2.87. The molecular formula is C16H27BrIN3O. The van der Waals surface area contributed by atoms with Crippen LogP contribution in [0.1, 0.15) is 25.8 Å². The summed E-state index contributed by atoms with van der Waals surface area (Å²) < 4.78 is 6.44. The lowest BCUT2D eigenvalue weighted by molar-refractivity contribution is 0.152. The Labute approximate surface area is 159 Å². The van der Waals surface area contributed by atoms with Crippen LogP contribution in [0.5, 0.6) is 0 Å². The zero-order valence-electron chi connectivity index (χ0n) is 13.4. The van der Waals surface area contributed by atoms with Gasteiger partial charge in [0, 0.05) is 30.7 Å². The zero-order chi connectivity index (χ0) is 15.3. The zero-order valence-corrected chi connectivity index (χ0v) is 17.3. The quantitative estimate of drug-likeness (QED) is 0.244. The summed E-state index contributed by atoms with van der Waals surface area (Å²) >= 11 is 3.50. The first-order chi connectivity index (χ1) is 10.3. The van der Waals surface area contributed by atoms with Crippen molar-refractivity contribution in [2.45, 2.75) is 26.7 Å². The van der Waals surface area contributed by atoms with E-state index < -0.39 is 0 Å². The van der Waals surface area contributed by atoms with Crippen LogP contribution < -0.4 is 10.6 Å². The summed E-state index contributed by atoms with van der Waals surface area (Å²) in [4.78, 5) is 4.58. The molecule has 4 nitrogen and oxygen atoms in total. The van der Waals surface area contributed by atoms with Gasteiger partial charge in [0.25, 0.3) is 0 Å². The van der Waals surface area contributed by atoms with E-state index in [2.05, 4.69) is 56.7 Å². The number of guanidine groups is 1. The Morgan fingerprint density at radius 3 is 2.77 bits per heavy atom. The first-order valence-electron chi connectivity index (χ1n) is 7.60. The van der Waals surface area contributed by atoms with Crippen LogP contribution in [0.2, 0.25) is 0 Å². The van der Waals surface area contributed by atoms with Crippen LogP contribution in [0.3, 0.4) is 0 Å². The maximum absolute atomic E-state index is 5.31. The standard InChI is InChI=1S/C16H26BrN3O.HI/c1-3-18-16(20-11-12-21-4-2)19-10-6-8-14-7-5-9-15(17)13-14;/h5,7,9,13H,3-4,6,8,10-12H2,1-2H3,(H2,18,19,20);1H. The Kier molecular flexibility index (Phi) is 14.0. The molecule has 0 saturated carbocycles. The number of aliphatic imine (C=N–C) groups is 1. The van der Waals surface area contributed by atoms with Gasteiger partial charge in [0.05, 0.1) is 6.61 Å². The van der Waals surface area contributed by atoms with Crippen molar-refractivity contribution in [1.29, 1.82) is 0 Å². The first-order valence-corrected chi connectivity index (χ1v) is 8.40. The van der Waals surface area contributed by atoms with Gasteiger partial charge < -0.3 is 15.4 Å². The molecule has 0 aliphatic rings. The van der Waals surface area contributed by atoms with Crippen molar-refractivity contribution < 1.29 is 4.74 Å². The summed E-state index contributed by atoms with van der Waals surface area (Å²) in [6, 6.07) is 8.44. The van der Waals surface area contributed by atoms with Gasteiger partial charge in [-0.2, -0.15) is 0 Å². The summed E-state index contributed by atoms with van der Waals surface area (Å²) in [5.74, 6) is 0.867. The minimum Gasteiger partial charge on any atom is -0.380 e. The van der Waals surface area contributed by atoms with Crippen LogP contribution in [-0.4, -0.2) is 38.8 Å². The number of aryl methyl sites for hydroxylation is 1. The van der Waals surface area contributed by atoms with Gasteiger partial charge in [0.2, 0.25) is 0 Å². The second-order valence-electron chi connectivity index (χ2n) is 4.62. The highest BCUT2D eigenvalue weighted by Crippen LogP contribution is 2.12. The Morgan fingerprint density at radius 2 is 2.09 bits per heavy atom. The van der Waals surface area contributed by atoms with Gasteiger partial charge in [0.1, 0.15) is 0 Å². The average molecular weight is 484 g/mol. The van der Waals surface area contributed by atoms with Crippen molar-refractivity contribution in [2.75, 3.05) is 32.8 Å². The maximum Gasteiger partial charge on any atom is 0.191 e. The van der Waals surface area contributed by atoms with E-state index in [0.717, 1.165) is 49.5 Å². The number of benzene rings is 1. The predicted molar refractivity (Wildman–Crippen MR) is 108 cm³/mol. The molecule has 1 aromatic rings. The number of halogens is 2. The Morgan fingerprint density at radius 1 is 1.27 bits per heavy atom. The second-order valence-corrected chi connectivity index (χ2v) is 5.53. The van der Waals surface area contributed by atoms with Gasteiger partial charge in [0.15, 0.2) is 5.96 Å². The smallest absolute Gasteiger partial charge is 0.191 e. The minimum atomic E-state index is 0. The molecule has 0 heterocycles. The molecule has 126 valence electrons. The lowest BCUT2D eigenvalue weighted by Gasteiger charge is -2.11. The van der Waals surface area contributed by atoms with Crippen molar-refractivity contribution in [1.82, 2.24) is 10.6 Å². The number of nitrogens with one attached hydrogen (secondary N) is 2. The molecule has 0 atom stereocenters. The van der Waals surface area contributed by atoms with Crippen molar-refractivity contribution >= 4 is 45.9 Å². The summed E-state index contributed by atoms with van der Waals surface area (Å²) in [5.41, 5.74) is 1.34. The monoisotopic (exact) mass is 483 g/mol. The van der Waals surface area contributed by atoms with Crippen molar-refractivity contribution in [3.05, 3.63) is 34.3 Å². The lowest BCUT2D eigenvalue weighted by Crippen LogP contribution is -2.39. The van der Waals surface area contributed by atoms with Crippen molar-refractivity contribution in [3.8, 4) is 0 Å². The maximum atomic E-state index is 5.31. The molecule has 0 amide bonds.